The lowest BCUT2D eigenvalue weighted by Crippen LogP contribution is -2.17. The second-order valence-electron chi connectivity index (χ2n) is 5.52. The van der Waals surface area contributed by atoms with Crippen molar-refractivity contribution in [3.8, 4) is 0 Å². The number of rotatable bonds is 4. The molecule has 0 saturated heterocycles. The van der Waals surface area contributed by atoms with Crippen molar-refractivity contribution < 1.29 is 4.43 Å². The zero-order chi connectivity index (χ0) is 13.1. The first-order valence-electron chi connectivity index (χ1n) is 6.04. The average molecular weight is 247 g/mol. The predicted molar refractivity (Wildman–Crippen MR) is 77.5 cm³/mol. The Morgan fingerprint density at radius 3 is 2.41 bits per heavy atom. The van der Waals surface area contributed by atoms with Gasteiger partial charge in [-0.05, 0) is 35.2 Å². The monoisotopic (exact) mass is 247 g/mol. The zero-order valence-corrected chi connectivity index (χ0v) is 12.6. The van der Waals surface area contributed by atoms with E-state index in [1.165, 1.54) is 16.7 Å². The summed E-state index contributed by atoms with van der Waals surface area (Å²) in [5.41, 5.74) is 3.99. The maximum Gasteiger partial charge on any atom is 0.205 e. The number of hydrogen-bond donors (Lipinski definition) is 0. The van der Waals surface area contributed by atoms with E-state index in [0.717, 1.165) is 0 Å². The Morgan fingerprint density at radius 2 is 1.94 bits per heavy atom. The van der Waals surface area contributed by atoms with E-state index < -0.39 is 9.04 Å². The Balaban J connectivity index is 3.16. The second kappa shape index (κ2) is 5.65. The maximum absolute atomic E-state index is 5.86. The van der Waals surface area contributed by atoms with Crippen LogP contribution in [0.2, 0.25) is 13.1 Å². The van der Waals surface area contributed by atoms with Gasteiger partial charge in [0.1, 0.15) is 0 Å². The fraction of sp³-hybridized carbons (Fsp3) is 0.467. The molecule has 17 heavy (non-hydrogen) atoms. The highest BCUT2D eigenvalue weighted by atomic mass is 28.3. The van der Waals surface area contributed by atoms with Crippen LogP contribution in [0.15, 0.2) is 24.8 Å². The largest absolute Gasteiger partial charge is 0.413 e. The van der Waals surface area contributed by atoms with Crippen molar-refractivity contribution in [3.05, 3.63) is 41.5 Å². The van der Waals surface area contributed by atoms with Crippen molar-refractivity contribution in [1.29, 1.82) is 0 Å². The standard InChI is InChI=1S/C15H23OSi/c1-7-12-9-8-10-14(15(2,3)4)13(12)11-16-17(5)6/h7-10H,1,11H2,2-6H3. The van der Waals surface area contributed by atoms with E-state index >= 15 is 0 Å². The van der Waals surface area contributed by atoms with Gasteiger partial charge in [0.25, 0.3) is 0 Å². The van der Waals surface area contributed by atoms with Crippen LogP contribution in [0.4, 0.5) is 0 Å². The Labute approximate surface area is 107 Å². The third-order valence-corrected chi connectivity index (χ3v) is 3.47. The molecule has 0 aromatic heterocycles. The molecule has 0 aliphatic rings. The minimum Gasteiger partial charge on any atom is -0.413 e. The van der Waals surface area contributed by atoms with Crippen molar-refractivity contribution in [3.63, 3.8) is 0 Å². The smallest absolute Gasteiger partial charge is 0.205 e. The summed E-state index contributed by atoms with van der Waals surface area (Å²) >= 11 is 0. The summed E-state index contributed by atoms with van der Waals surface area (Å²) in [5, 5.41) is 0. The molecule has 0 aliphatic carbocycles. The van der Waals surface area contributed by atoms with E-state index in [1.54, 1.807) is 0 Å². The highest BCUT2D eigenvalue weighted by molar-refractivity contribution is 6.48. The fourth-order valence-electron chi connectivity index (χ4n) is 1.88. The van der Waals surface area contributed by atoms with E-state index in [0.29, 0.717) is 6.61 Å². The van der Waals surface area contributed by atoms with Crippen LogP contribution in [0.1, 0.15) is 37.5 Å². The van der Waals surface area contributed by atoms with Crippen LogP contribution in [-0.2, 0) is 16.4 Å². The summed E-state index contributed by atoms with van der Waals surface area (Å²) in [7, 11) is -0.652. The molecule has 0 N–H and O–H groups in total. The van der Waals surface area contributed by atoms with Crippen molar-refractivity contribution >= 4 is 15.1 Å². The summed E-state index contributed by atoms with van der Waals surface area (Å²) in [6.07, 6.45) is 1.92. The maximum atomic E-state index is 5.86. The fourth-order valence-corrected chi connectivity index (χ4v) is 2.31. The molecular formula is C15H23OSi. The molecule has 0 amide bonds. The molecule has 0 atom stereocenters. The van der Waals surface area contributed by atoms with Crippen LogP contribution in [0, 0.1) is 0 Å². The van der Waals surface area contributed by atoms with Crippen LogP contribution in [0.5, 0.6) is 0 Å². The van der Waals surface area contributed by atoms with E-state index in [-0.39, 0.29) is 5.41 Å². The second-order valence-corrected chi connectivity index (χ2v) is 7.63. The molecule has 1 radical (unpaired) electrons. The van der Waals surface area contributed by atoms with Gasteiger partial charge in [0, 0.05) is 0 Å². The molecule has 0 spiro atoms. The lowest BCUT2D eigenvalue weighted by Gasteiger charge is -2.25. The van der Waals surface area contributed by atoms with Crippen molar-refractivity contribution in [2.24, 2.45) is 0 Å². The molecule has 0 fully saturated rings. The summed E-state index contributed by atoms with van der Waals surface area (Å²) in [5.74, 6) is 0. The minimum absolute atomic E-state index is 0.145. The molecule has 1 nitrogen and oxygen atoms in total. The molecule has 0 bridgehead atoms. The normalized spacial score (nSPS) is 11.9. The first-order valence-corrected chi connectivity index (χ1v) is 8.45. The van der Waals surface area contributed by atoms with Crippen LogP contribution < -0.4 is 0 Å². The van der Waals surface area contributed by atoms with Gasteiger partial charge in [-0.15, -0.1) is 0 Å². The van der Waals surface area contributed by atoms with Crippen LogP contribution in [-0.4, -0.2) is 9.04 Å². The Bertz CT molecular complexity index is 388. The highest BCUT2D eigenvalue weighted by Gasteiger charge is 2.19. The highest BCUT2D eigenvalue weighted by Crippen LogP contribution is 2.29. The summed E-state index contributed by atoms with van der Waals surface area (Å²) in [4.78, 5) is 0. The van der Waals surface area contributed by atoms with Crippen molar-refractivity contribution in [2.75, 3.05) is 0 Å². The van der Waals surface area contributed by atoms with Gasteiger partial charge in [0.2, 0.25) is 9.04 Å². The van der Waals surface area contributed by atoms with E-state index in [4.69, 9.17) is 4.43 Å². The first-order chi connectivity index (χ1) is 7.86. The lowest BCUT2D eigenvalue weighted by atomic mass is 9.82. The molecule has 0 saturated carbocycles. The third kappa shape index (κ3) is 3.82. The van der Waals surface area contributed by atoms with Crippen LogP contribution >= 0.6 is 0 Å². The zero-order valence-electron chi connectivity index (χ0n) is 11.6. The molecule has 1 aromatic carbocycles. The SMILES string of the molecule is C=Cc1cccc(C(C)(C)C)c1CO[Si](C)C. The molecule has 1 rings (SSSR count). The Kier molecular flexibility index (Phi) is 4.72. The topological polar surface area (TPSA) is 9.23 Å². The van der Waals surface area contributed by atoms with E-state index in [9.17, 15) is 0 Å². The van der Waals surface area contributed by atoms with Gasteiger partial charge >= 0.3 is 0 Å². The quantitative estimate of drug-likeness (QED) is 0.717. The van der Waals surface area contributed by atoms with Gasteiger partial charge < -0.3 is 4.43 Å². The van der Waals surface area contributed by atoms with Gasteiger partial charge in [0.15, 0.2) is 0 Å². The minimum atomic E-state index is -0.652. The molecule has 2 heteroatoms. The van der Waals surface area contributed by atoms with Gasteiger partial charge in [-0.3, -0.25) is 0 Å². The van der Waals surface area contributed by atoms with Gasteiger partial charge in [-0.25, -0.2) is 0 Å². The average Bonchev–Trinajstić information content (AvgIpc) is 2.24. The predicted octanol–water partition coefficient (Wildman–Crippen LogP) is 4.39. The van der Waals surface area contributed by atoms with Crippen molar-refractivity contribution in [2.45, 2.75) is 45.9 Å². The summed E-state index contributed by atoms with van der Waals surface area (Å²) < 4.78 is 5.86. The summed E-state index contributed by atoms with van der Waals surface area (Å²) in [6.45, 7) is 15.6. The molecular weight excluding hydrogens is 224 g/mol. The van der Waals surface area contributed by atoms with Crippen molar-refractivity contribution in [1.82, 2.24) is 0 Å². The Morgan fingerprint density at radius 1 is 1.29 bits per heavy atom. The molecule has 1 aromatic rings. The molecule has 0 unspecified atom stereocenters. The first kappa shape index (κ1) is 14.2. The number of benzene rings is 1. The number of hydrogen-bond acceptors (Lipinski definition) is 1. The Hall–Kier alpha value is -0.863. The molecule has 93 valence electrons. The van der Waals surface area contributed by atoms with Crippen LogP contribution in [0.3, 0.4) is 0 Å². The molecule has 0 heterocycles. The van der Waals surface area contributed by atoms with Gasteiger partial charge in [0.05, 0.1) is 6.61 Å². The lowest BCUT2D eigenvalue weighted by molar-refractivity contribution is 0.310. The molecule has 0 aliphatic heterocycles. The van der Waals surface area contributed by atoms with Gasteiger partial charge in [-0.1, -0.05) is 51.6 Å². The van der Waals surface area contributed by atoms with Crippen LogP contribution in [0.25, 0.3) is 6.08 Å². The summed E-state index contributed by atoms with van der Waals surface area (Å²) in [6, 6.07) is 6.41. The third-order valence-electron chi connectivity index (χ3n) is 2.75. The van der Waals surface area contributed by atoms with E-state index in [2.05, 4.69) is 58.6 Å². The van der Waals surface area contributed by atoms with E-state index in [1.807, 2.05) is 6.08 Å². The van der Waals surface area contributed by atoms with Gasteiger partial charge in [-0.2, -0.15) is 0 Å².